The number of aliphatic carboxylic acids is 1. The molecule has 1 heterocycles. The minimum Gasteiger partial charge on any atom is -0.479 e. The number of benzene rings is 1. The van der Waals surface area contributed by atoms with Gasteiger partial charge in [-0.1, -0.05) is 23.7 Å². The molecule has 0 aliphatic heterocycles. The molecule has 2 unspecified atom stereocenters. The van der Waals surface area contributed by atoms with Crippen LogP contribution in [0.1, 0.15) is 11.7 Å². The number of aliphatic hydroxyl groups excluding tert-OH is 2. The highest BCUT2D eigenvalue weighted by molar-refractivity contribution is 6.30. The second kappa shape index (κ2) is 5.40. The molecule has 0 amide bonds. The number of aliphatic hydroxyl groups is 2. The molecule has 0 saturated carbocycles. The molecule has 6 nitrogen and oxygen atoms in total. The first-order chi connectivity index (χ1) is 9.00. The van der Waals surface area contributed by atoms with Crippen LogP contribution in [-0.4, -0.2) is 37.6 Å². The molecule has 0 bridgehead atoms. The zero-order valence-electron chi connectivity index (χ0n) is 9.62. The van der Waals surface area contributed by atoms with Crippen molar-refractivity contribution in [3.8, 4) is 11.3 Å². The van der Waals surface area contributed by atoms with Gasteiger partial charge in [-0.2, -0.15) is 5.10 Å². The Morgan fingerprint density at radius 2 is 1.89 bits per heavy atom. The van der Waals surface area contributed by atoms with Gasteiger partial charge >= 0.3 is 5.97 Å². The molecule has 100 valence electrons. The SMILES string of the molecule is O=C(O)C(O)C(O)c1cn[nH]c1-c1ccc(Cl)cc1. The molecule has 1 aromatic heterocycles. The maximum atomic E-state index is 10.7. The lowest BCUT2D eigenvalue weighted by molar-refractivity contribution is -0.153. The molecule has 0 aliphatic rings. The van der Waals surface area contributed by atoms with Gasteiger partial charge in [0.25, 0.3) is 0 Å². The summed E-state index contributed by atoms with van der Waals surface area (Å²) < 4.78 is 0. The fourth-order valence-electron chi connectivity index (χ4n) is 1.67. The van der Waals surface area contributed by atoms with E-state index in [0.717, 1.165) is 0 Å². The molecule has 2 rings (SSSR count). The van der Waals surface area contributed by atoms with Crippen LogP contribution in [0.3, 0.4) is 0 Å². The zero-order valence-corrected chi connectivity index (χ0v) is 10.4. The van der Waals surface area contributed by atoms with E-state index in [1.165, 1.54) is 6.20 Å². The normalized spacial score (nSPS) is 14.1. The van der Waals surface area contributed by atoms with E-state index in [4.69, 9.17) is 16.7 Å². The molecule has 0 fully saturated rings. The van der Waals surface area contributed by atoms with Crippen LogP contribution in [0.25, 0.3) is 11.3 Å². The van der Waals surface area contributed by atoms with Crippen LogP contribution in [0, 0.1) is 0 Å². The highest BCUT2D eigenvalue weighted by Gasteiger charge is 2.28. The summed E-state index contributed by atoms with van der Waals surface area (Å²) in [6, 6.07) is 6.70. The highest BCUT2D eigenvalue weighted by Crippen LogP contribution is 2.28. The van der Waals surface area contributed by atoms with Gasteiger partial charge < -0.3 is 15.3 Å². The topological polar surface area (TPSA) is 106 Å². The first-order valence-electron chi connectivity index (χ1n) is 5.39. The Bertz CT molecular complexity index is 582. The minimum absolute atomic E-state index is 0.206. The van der Waals surface area contributed by atoms with Crippen LogP contribution in [0.15, 0.2) is 30.5 Å². The van der Waals surface area contributed by atoms with Gasteiger partial charge in [-0.25, -0.2) is 4.79 Å². The van der Waals surface area contributed by atoms with Crippen molar-refractivity contribution in [1.29, 1.82) is 0 Å². The van der Waals surface area contributed by atoms with E-state index in [9.17, 15) is 15.0 Å². The average molecular weight is 283 g/mol. The fourth-order valence-corrected chi connectivity index (χ4v) is 1.80. The van der Waals surface area contributed by atoms with Gasteiger partial charge in [0.1, 0.15) is 6.10 Å². The van der Waals surface area contributed by atoms with E-state index in [2.05, 4.69) is 10.2 Å². The largest absolute Gasteiger partial charge is 0.479 e. The van der Waals surface area contributed by atoms with Crippen LogP contribution in [0.2, 0.25) is 5.02 Å². The minimum atomic E-state index is -1.91. The molecule has 2 atom stereocenters. The van der Waals surface area contributed by atoms with Crippen molar-refractivity contribution >= 4 is 17.6 Å². The summed E-state index contributed by atoms with van der Waals surface area (Å²) in [7, 11) is 0. The van der Waals surface area contributed by atoms with Crippen molar-refractivity contribution in [1.82, 2.24) is 10.2 Å². The number of nitrogens with one attached hydrogen (secondary N) is 1. The van der Waals surface area contributed by atoms with Gasteiger partial charge in [0.15, 0.2) is 6.10 Å². The summed E-state index contributed by atoms with van der Waals surface area (Å²) in [5.74, 6) is -1.50. The van der Waals surface area contributed by atoms with Crippen LogP contribution in [-0.2, 0) is 4.79 Å². The number of hydrogen-bond donors (Lipinski definition) is 4. The molecule has 2 aromatic rings. The first-order valence-corrected chi connectivity index (χ1v) is 5.76. The maximum Gasteiger partial charge on any atom is 0.335 e. The van der Waals surface area contributed by atoms with Crippen molar-refractivity contribution in [3.05, 3.63) is 41.0 Å². The third kappa shape index (κ3) is 2.76. The van der Waals surface area contributed by atoms with Gasteiger partial charge in [0.2, 0.25) is 0 Å². The van der Waals surface area contributed by atoms with E-state index in [1.807, 2.05) is 0 Å². The molecule has 7 heteroatoms. The Balaban J connectivity index is 2.37. The number of aromatic amines is 1. The number of aromatic nitrogens is 2. The monoisotopic (exact) mass is 282 g/mol. The van der Waals surface area contributed by atoms with E-state index in [0.29, 0.717) is 16.3 Å². The summed E-state index contributed by atoms with van der Waals surface area (Å²) in [5, 5.41) is 34.9. The van der Waals surface area contributed by atoms with Gasteiger partial charge in [-0.3, -0.25) is 5.10 Å². The summed E-state index contributed by atoms with van der Waals surface area (Å²) in [4.78, 5) is 10.7. The van der Waals surface area contributed by atoms with Gasteiger partial charge in [0.05, 0.1) is 11.9 Å². The van der Waals surface area contributed by atoms with Crippen LogP contribution in [0.4, 0.5) is 0 Å². The van der Waals surface area contributed by atoms with Crippen LogP contribution in [0.5, 0.6) is 0 Å². The smallest absolute Gasteiger partial charge is 0.335 e. The van der Waals surface area contributed by atoms with Crippen molar-refractivity contribution < 1.29 is 20.1 Å². The summed E-state index contributed by atoms with van der Waals surface area (Å²) in [5.41, 5.74) is 1.32. The molecule has 0 radical (unpaired) electrons. The van der Waals surface area contributed by atoms with Crippen molar-refractivity contribution in [3.63, 3.8) is 0 Å². The Hall–Kier alpha value is -1.89. The van der Waals surface area contributed by atoms with Crippen LogP contribution >= 0.6 is 11.6 Å². The Kier molecular flexibility index (Phi) is 3.84. The number of nitrogens with zero attached hydrogens (tertiary/aromatic N) is 1. The van der Waals surface area contributed by atoms with E-state index in [1.54, 1.807) is 24.3 Å². The Labute approximate surface area is 113 Å². The maximum absolute atomic E-state index is 10.7. The van der Waals surface area contributed by atoms with Crippen molar-refractivity contribution in [2.24, 2.45) is 0 Å². The van der Waals surface area contributed by atoms with E-state index >= 15 is 0 Å². The number of halogens is 1. The predicted octanol–water partition coefficient (Wildman–Crippen LogP) is 1.21. The molecule has 4 N–H and O–H groups in total. The molecule has 0 saturated heterocycles. The number of rotatable bonds is 4. The number of carbonyl (C=O) groups is 1. The molecule has 19 heavy (non-hydrogen) atoms. The van der Waals surface area contributed by atoms with Crippen molar-refractivity contribution in [2.75, 3.05) is 0 Å². The highest BCUT2D eigenvalue weighted by atomic mass is 35.5. The second-order valence-corrected chi connectivity index (χ2v) is 4.37. The van der Waals surface area contributed by atoms with Crippen LogP contribution < -0.4 is 0 Å². The quantitative estimate of drug-likeness (QED) is 0.674. The third-order valence-corrected chi connectivity index (χ3v) is 2.92. The number of H-pyrrole nitrogens is 1. The Morgan fingerprint density at radius 1 is 1.26 bits per heavy atom. The van der Waals surface area contributed by atoms with E-state index in [-0.39, 0.29) is 5.56 Å². The lowest BCUT2D eigenvalue weighted by Gasteiger charge is -2.14. The molecule has 0 aliphatic carbocycles. The van der Waals surface area contributed by atoms with Crippen molar-refractivity contribution in [2.45, 2.75) is 12.2 Å². The summed E-state index contributed by atoms with van der Waals surface area (Å²) >= 11 is 5.77. The van der Waals surface area contributed by atoms with Gasteiger partial charge in [-0.05, 0) is 12.1 Å². The second-order valence-electron chi connectivity index (χ2n) is 3.94. The lowest BCUT2D eigenvalue weighted by atomic mass is 10.0. The predicted molar refractivity (Wildman–Crippen MR) is 67.6 cm³/mol. The number of hydrogen-bond acceptors (Lipinski definition) is 4. The molecular weight excluding hydrogens is 272 g/mol. The van der Waals surface area contributed by atoms with Gasteiger partial charge in [-0.15, -0.1) is 0 Å². The zero-order chi connectivity index (χ0) is 14.0. The fraction of sp³-hybridized carbons (Fsp3) is 0.167. The molecule has 0 spiro atoms. The Morgan fingerprint density at radius 3 is 2.47 bits per heavy atom. The summed E-state index contributed by atoms with van der Waals surface area (Å²) in [6.45, 7) is 0. The number of carboxylic acid groups (broad SMARTS) is 1. The number of carboxylic acids is 1. The van der Waals surface area contributed by atoms with Gasteiger partial charge in [0, 0.05) is 16.1 Å². The molecule has 1 aromatic carbocycles. The third-order valence-electron chi connectivity index (χ3n) is 2.67. The first kappa shape index (κ1) is 13.5. The van der Waals surface area contributed by atoms with E-state index < -0.39 is 18.2 Å². The summed E-state index contributed by atoms with van der Waals surface area (Å²) in [6.07, 6.45) is -2.20. The lowest BCUT2D eigenvalue weighted by Crippen LogP contribution is -2.27. The standard InChI is InChI=1S/C12H11ClN2O4/c13-7-3-1-6(2-4-7)9-8(5-14-15-9)10(16)11(17)12(18)19/h1-5,10-11,16-17H,(H,14,15)(H,18,19). The molecular formula is C12H11ClN2O4. The average Bonchev–Trinajstić information content (AvgIpc) is 2.87.